The average Bonchev–Trinajstić information content (AvgIpc) is 3.44. The van der Waals surface area contributed by atoms with Crippen molar-refractivity contribution >= 4 is 9.84 Å². The maximum absolute atomic E-state index is 13.3. The van der Waals surface area contributed by atoms with Crippen LogP contribution in [0.4, 0.5) is 13.2 Å². The average molecular weight is 481 g/mol. The lowest BCUT2D eigenvalue weighted by Gasteiger charge is -2.36. The number of fused-ring (bicyclic) bond motifs is 1. The van der Waals surface area contributed by atoms with E-state index < -0.39 is 21.4 Å². The normalized spacial score (nSPS) is 23.2. The summed E-state index contributed by atoms with van der Waals surface area (Å²) in [5.74, 6) is 1.07. The van der Waals surface area contributed by atoms with Crippen LogP contribution in [0.1, 0.15) is 31.2 Å². The smallest absolute Gasteiger partial charge is 0.395 e. The first-order valence-electron chi connectivity index (χ1n) is 11.3. The molecule has 1 aromatic heterocycles. The minimum atomic E-state index is -4.10. The van der Waals surface area contributed by atoms with E-state index in [0.29, 0.717) is 19.0 Å². The van der Waals surface area contributed by atoms with Crippen molar-refractivity contribution < 1.29 is 26.3 Å². The Balaban J connectivity index is 1.20. The molecular weight excluding hydrogens is 453 g/mol. The Labute approximate surface area is 191 Å². The third-order valence-corrected chi connectivity index (χ3v) is 8.49. The van der Waals surface area contributed by atoms with Crippen LogP contribution in [-0.2, 0) is 16.3 Å². The number of alkyl halides is 3. The molecule has 1 saturated heterocycles. The van der Waals surface area contributed by atoms with Crippen molar-refractivity contribution in [2.75, 3.05) is 25.9 Å². The highest BCUT2D eigenvalue weighted by Gasteiger charge is 2.63. The first kappa shape index (κ1) is 22.7. The number of hydrogen-bond acceptors (Lipinski definition) is 5. The number of nitrogens with zero attached hydrogens (tertiary/aromatic N) is 2. The van der Waals surface area contributed by atoms with E-state index >= 15 is 0 Å². The van der Waals surface area contributed by atoms with Crippen molar-refractivity contribution in [3.05, 3.63) is 42.1 Å². The maximum atomic E-state index is 13.3. The van der Waals surface area contributed by atoms with Crippen LogP contribution in [0.15, 0.2) is 41.4 Å². The number of piperidine rings is 1. The monoisotopic (exact) mass is 480 g/mol. The summed E-state index contributed by atoms with van der Waals surface area (Å²) in [6, 6.07) is 8.65. The molecule has 0 N–H and O–H groups in total. The van der Waals surface area contributed by atoms with Crippen LogP contribution < -0.4 is 4.74 Å². The lowest BCUT2D eigenvalue weighted by Crippen LogP contribution is -2.44. The molecule has 3 aliphatic rings. The van der Waals surface area contributed by atoms with Crippen molar-refractivity contribution in [2.24, 2.45) is 11.3 Å². The van der Waals surface area contributed by atoms with Gasteiger partial charge in [-0.3, -0.25) is 4.98 Å². The molecule has 0 unspecified atom stereocenters. The van der Waals surface area contributed by atoms with Crippen molar-refractivity contribution in [3.8, 4) is 17.0 Å². The number of halogens is 3. The van der Waals surface area contributed by atoms with Gasteiger partial charge in [-0.1, -0.05) is 12.1 Å². The summed E-state index contributed by atoms with van der Waals surface area (Å²) in [6.07, 6.45) is 1.74. The third-order valence-electron chi connectivity index (χ3n) is 7.37. The number of benzene rings is 1. The van der Waals surface area contributed by atoms with Crippen LogP contribution in [0.5, 0.6) is 5.75 Å². The Morgan fingerprint density at radius 2 is 1.82 bits per heavy atom. The van der Waals surface area contributed by atoms with E-state index in [1.165, 1.54) is 6.26 Å². The molecule has 9 heteroatoms. The Hall–Kier alpha value is -2.13. The molecule has 3 heterocycles. The van der Waals surface area contributed by atoms with Gasteiger partial charge in [0.2, 0.25) is 0 Å². The molecular formula is C24H27F3N2O3S. The van der Waals surface area contributed by atoms with Gasteiger partial charge in [-0.05, 0) is 62.9 Å². The fraction of sp³-hybridized carbons (Fsp3) is 0.542. The molecule has 1 aromatic carbocycles. The van der Waals surface area contributed by atoms with E-state index in [0.717, 1.165) is 41.8 Å². The second kappa shape index (κ2) is 7.98. The standard InChI is InChI=1S/C24H27F3N2O3S/c1-33(30,31)19-4-2-16(3-5-19)20-12-18-13-21(32-22(18)14-28-20)17-6-10-29(11-7-17)15-23(8-9-23)24(25,26)27/h2-5,12,14,17,21H,6-11,13,15H2,1H3/t21-/m1/s1. The Morgan fingerprint density at radius 1 is 1.15 bits per heavy atom. The molecule has 0 amide bonds. The second-order valence-corrected chi connectivity index (χ2v) is 11.7. The molecule has 0 radical (unpaired) electrons. The zero-order valence-electron chi connectivity index (χ0n) is 18.4. The Kier molecular flexibility index (Phi) is 5.47. The van der Waals surface area contributed by atoms with Gasteiger partial charge in [0.05, 0.1) is 22.2 Å². The van der Waals surface area contributed by atoms with Gasteiger partial charge in [0.25, 0.3) is 0 Å². The van der Waals surface area contributed by atoms with Gasteiger partial charge in [0, 0.05) is 30.3 Å². The van der Waals surface area contributed by atoms with Gasteiger partial charge in [-0.2, -0.15) is 13.2 Å². The zero-order chi connectivity index (χ0) is 23.4. The number of rotatable bonds is 5. The minimum Gasteiger partial charge on any atom is -0.488 e. The molecule has 33 heavy (non-hydrogen) atoms. The van der Waals surface area contributed by atoms with Crippen LogP contribution in [0, 0.1) is 11.3 Å². The lowest BCUT2D eigenvalue weighted by molar-refractivity contribution is -0.192. The van der Waals surface area contributed by atoms with Crippen molar-refractivity contribution in [3.63, 3.8) is 0 Å². The molecule has 5 nitrogen and oxygen atoms in total. The van der Waals surface area contributed by atoms with Crippen LogP contribution in [0.25, 0.3) is 11.3 Å². The zero-order valence-corrected chi connectivity index (χ0v) is 19.3. The number of sulfone groups is 1. The van der Waals surface area contributed by atoms with Gasteiger partial charge in [0.15, 0.2) is 9.84 Å². The van der Waals surface area contributed by atoms with Crippen LogP contribution >= 0.6 is 0 Å². The molecule has 0 bridgehead atoms. The summed E-state index contributed by atoms with van der Waals surface area (Å²) in [5.41, 5.74) is 1.19. The Bertz CT molecular complexity index is 1140. The van der Waals surface area contributed by atoms with Gasteiger partial charge in [-0.25, -0.2) is 8.42 Å². The van der Waals surface area contributed by atoms with Crippen molar-refractivity contribution in [1.29, 1.82) is 0 Å². The van der Waals surface area contributed by atoms with E-state index in [1.54, 1.807) is 30.5 Å². The number of ether oxygens (including phenoxy) is 1. The van der Waals surface area contributed by atoms with Crippen LogP contribution in [0.2, 0.25) is 0 Å². The highest BCUT2D eigenvalue weighted by Crippen LogP contribution is 2.58. The van der Waals surface area contributed by atoms with E-state index in [1.807, 2.05) is 11.0 Å². The second-order valence-electron chi connectivity index (χ2n) is 9.73. The van der Waals surface area contributed by atoms with E-state index in [-0.39, 0.29) is 30.4 Å². The molecule has 2 aliphatic heterocycles. The van der Waals surface area contributed by atoms with Crippen molar-refractivity contribution in [1.82, 2.24) is 9.88 Å². The predicted octanol–water partition coefficient (Wildman–Crippen LogP) is 4.51. The summed E-state index contributed by atoms with van der Waals surface area (Å²) < 4.78 is 69.3. The number of pyridine rings is 1. The minimum absolute atomic E-state index is 0.0179. The lowest BCUT2D eigenvalue weighted by atomic mass is 9.88. The SMILES string of the molecule is CS(=O)(=O)c1ccc(-c2cc3c(cn2)O[C@@H](C2CCN(CC4(C(F)(F)F)CC4)CC2)C3)cc1. The fourth-order valence-corrected chi connectivity index (χ4v) is 5.69. The molecule has 1 aliphatic carbocycles. The number of likely N-dealkylation sites (tertiary alicyclic amines) is 1. The van der Waals surface area contributed by atoms with Crippen LogP contribution in [-0.4, -0.2) is 56.5 Å². The van der Waals surface area contributed by atoms with E-state index in [2.05, 4.69) is 4.98 Å². The first-order valence-corrected chi connectivity index (χ1v) is 13.2. The quantitative estimate of drug-likeness (QED) is 0.630. The van der Waals surface area contributed by atoms with Gasteiger partial charge < -0.3 is 9.64 Å². The molecule has 2 fully saturated rings. The van der Waals surface area contributed by atoms with Crippen molar-refractivity contribution in [2.45, 2.75) is 49.3 Å². The largest absolute Gasteiger partial charge is 0.488 e. The maximum Gasteiger partial charge on any atom is 0.395 e. The predicted molar refractivity (Wildman–Crippen MR) is 118 cm³/mol. The van der Waals surface area contributed by atoms with Gasteiger partial charge >= 0.3 is 6.18 Å². The summed E-state index contributed by atoms with van der Waals surface area (Å²) in [7, 11) is -3.25. The first-order chi connectivity index (χ1) is 15.5. The number of hydrogen-bond donors (Lipinski definition) is 0. The molecule has 1 saturated carbocycles. The third kappa shape index (κ3) is 4.49. The van der Waals surface area contributed by atoms with E-state index in [9.17, 15) is 21.6 Å². The van der Waals surface area contributed by atoms with Gasteiger partial charge in [-0.15, -0.1) is 0 Å². The Morgan fingerprint density at radius 3 is 2.39 bits per heavy atom. The fourth-order valence-electron chi connectivity index (χ4n) is 5.06. The number of aromatic nitrogens is 1. The van der Waals surface area contributed by atoms with Crippen LogP contribution in [0.3, 0.4) is 0 Å². The molecule has 5 rings (SSSR count). The summed E-state index contributed by atoms with van der Waals surface area (Å²) in [5, 5.41) is 0. The molecule has 2 aromatic rings. The highest BCUT2D eigenvalue weighted by atomic mass is 32.2. The van der Waals surface area contributed by atoms with Gasteiger partial charge in [0.1, 0.15) is 11.9 Å². The molecule has 1 atom stereocenters. The summed E-state index contributed by atoms with van der Waals surface area (Å²) in [6.45, 7) is 1.48. The summed E-state index contributed by atoms with van der Waals surface area (Å²) in [4.78, 5) is 6.72. The highest BCUT2D eigenvalue weighted by molar-refractivity contribution is 7.90. The van der Waals surface area contributed by atoms with E-state index in [4.69, 9.17) is 4.74 Å². The topological polar surface area (TPSA) is 59.5 Å². The molecule has 0 spiro atoms. The molecule has 178 valence electrons. The summed E-state index contributed by atoms with van der Waals surface area (Å²) >= 11 is 0.